The second kappa shape index (κ2) is 10.7. The molecule has 1 atom stereocenters. The number of hydrogen-bond acceptors (Lipinski definition) is 7. The Labute approximate surface area is 197 Å². The van der Waals surface area contributed by atoms with E-state index < -0.39 is 17.0 Å². The molecule has 0 amide bonds. The topological polar surface area (TPSA) is 113 Å². The fourth-order valence-corrected chi connectivity index (χ4v) is 4.34. The number of ether oxygens (including phenoxy) is 1. The molecule has 1 unspecified atom stereocenters. The molecule has 1 aromatic carbocycles. The number of carbonyl (C=O) groups excluding carboxylic acids is 1. The van der Waals surface area contributed by atoms with Crippen LogP contribution in [0.3, 0.4) is 0 Å². The molecule has 2 aromatic heterocycles. The van der Waals surface area contributed by atoms with Crippen molar-refractivity contribution < 1.29 is 13.9 Å². The molecule has 34 heavy (non-hydrogen) atoms. The Morgan fingerprint density at radius 2 is 1.94 bits per heavy atom. The molecule has 1 fully saturated rings. The Bertz CT molecular complexity index is 1220. The normalized spacial score (nSPS) is 15.8. The summed E-state index contributed by atoms with van der Waals surface area (Å²) in [5, 5.41) is 0. The number of Topliss-reactive ketones (excluding diaryl/α,β-unsaturated/α-hetero) is 1. The van der Waals surface area contributed by atoms with Crippen LogP contribution >= 0.6 is 0 Å². The summed E-state index contributed by atoms with van der Waals surface area (Å²) in [4.78, 5) is 41.5. The number of furan rings is 1. The molecule has 0 spiro atoms. The third kappa shape index (κ3) is 5.21. The quantitative estimate of drug-likeness (QED) is 0.456. The van der Waals surface area contributed by atoms with Gasteiger partial charge in [-0.15, -0.1) is 0 Å². The number of carbonyl (C=O) groups is 1. The molecule has 0 saturated carbocycles. The van der Waals surface area contributed by atoms with Gasteiger partial charge < -0.3 is 14.9 Å². The fraction of sp³-hybridized carbons (Fsp3) is 0.400. The van der Waals surface area contributed by atoms with Crippen molar-refractivity contribution in [1.82, 2.24) is 14.0 Å². The van der Waals surface area contributed by atoms with E-state index in [1.54, 1.807) is 19.3 Å². The summed E-state index contributed by atoms with van der Waals surface area (Å²) in [6.45, 7) is 3.57. The van der Waals surface area contributed by atoms with Crippen LogP contribution in [0.25, 0.3) is 0 Å². The number of ketones is 1. The second-order valence-electron chi connectivity index (χ2n) is 8.47. The minimum Gasteiger partial charge on any atom is -0.468 e. The molecule has 0 bridgehead atoms. The Hall–Kier alpha value is -3.43. The van der Waals surface area contributed by atoms with Gasteiger partial charge in [-0.25, -0.2) is 4.79 Å². The van der Waals surface area contributed by atoms with E-state index >= 15 is 0 Å². The molecular weight excluding hydrogens is 436 g/mol. The van der Waals surface area contributed by atoms with Crippen LogP contribution in [0.1, 0.15) is 41.4 Å². The standard InChI is InChI=1S/C25H30N4O5/c1-2-28-24(31)22(23(26)29(25(28)32)14-18-8-4-3-5-9-18)21(30)17-27(15-19-10-6-12-33-19)16-20-11-7-13-34-20/h3-6,8-10,12,20H,2,7,11,13-17,26H2,1H3. The lowest BCUT2D eigenvalue weighted by atomic mass is 10.1. The van der Waals surface area contributed by atoms with Gasteiger partial charge >= 0.3 is 5.69 Å². The van der Waals surface area contributed by atoms with E-state index in [0.717, 1.165) is 23.0 Å². The molecule has 9 heteroatoms. The third-order valence-electron chi connectivity index (χ3n) is 6.06. The maximum Gasteiger partial charge on any atom is 0.332 e. The van der Waals surface area contributed by atoms with Gasteiger partial charge in [0.1, 0.15) is 17.1 Å². The van der Waals surface area contributed by atoms with Crippen molar-refractivity contribution in [2.24, 2.45) is 0 Å². The monoisotopic (exact) mass is 466 g/mol. The maximum absolute atomic E-state index is 13.5. The Morgan fingerprint density at radius 1 is 1.15 bits per heavy atom. The second-order valence-corrected chi connectivity index (χ2v) is 8.47. The Balaban J connectivity index is 1.66. The van der Waals surface area contributed by atoms with Crippen molar-refractivity contribution in [3.05, 3.63) is 86.5 Å². The van der Waals surface area contributed by atoms with E-state index in [-0.39, 0.29) is 37.1 Å². The van der Waals surface area contributed by atoms with Crippen molar-refractivity contribution >= 4 is 11.6 Å². The maximum atomic E-state index is 13.5. The van der Waals surface area contributed by atoms with Crippen molar-refractivity contribution in [2.45, 2.75) is 45.5 Å². The van der Waals surface area contributed by atoms with Crippen LogP contribution in [0.2, 0.25) is 0 Å². The first-order chi connectivity index (χ1) is 16.5. The average molecular weight is 467 g/mol. The molecule has 2 N–H and O–H groups in total. The zero-order valence-corrected chi connectivity index (χ0v) is 19.3. The first-order valence-corrected chi connectivity index (χ1v) is 11.5. The summed E-state index contributed by atoms with van der Waals surface area (Å²) in [5.41, 5.74) is 5.79. The van der Waals surface area contributed by atoms with Gasteiger partial charge in [0.05, 0.1) is 32.0 Å². The van der Waals surface area contributed by atoms with E-state index in [0.29, 0.717) is 25.5 Å². The molecule has 1 saturated heterocycles. The molecule has 3 aromatic rings. The van der Waals surface area contributed by atoms with Crippen LogP contribution < -0.4 is 17.0 Å². The zero-order valence-electron chi connectivity index (χ0n) is 19.3. The smallest absolute Gasteiger partial charge is 0.332 e. The Morgan fingerprint density at radius 3 is 2.59 bits per heavy atom. The van der Waals surface area contributed by atoms with Crippen molar-refractivity contribution in [3.63, 3.8) is 0 Å². The molecule has 180 valence electrons. The van der Waals surface area contributed by atoms with Crippen LogP contribution in [0.15, 0.2) is 62.7 Å². The predicted octanol–water partition coefficient (Wildman–Crippen LogP) is 2.12. The third-order valence-corrected chi connectivity index (χ3v) is 6.06. The fourth-order valence-electron chi connectivity index (χ4n) is 4.34. The highest BCUT2D eigenvalue weighted by Gasteiger charge is 2.26. The Kier molecular flexibility index (Phi) is 7.44. The van der Waals surface area contributed by atoms with Gasteiger partial charge in [-0.1, -0.05) is 30.3 Å². The van der Waals surface area contributed by atoms with Gasteiger partial charge in [0.15, 0.2) is 5.78 Å². The lowest BCUT2D eigenvalue weighted by Crippen LogP contribution is -2.45. The molecule has 0 radical (unpaired) electrons. The van der Waals surface area contributed by atoms with Crippen LogP contribution in [0, 0.1) is 0 Å². The number of nitrogen functional groups attached to an aromatic ring is 1. The number of hydrogen-bond donors (Lipinski definition) is 1. The SMILES string of the molecule is CCn1c(=O)c(C(=O)CN(Cc2ccco2)CC2CCCO2)c(N)n(Cc2ccccc2)c1=O. The number of anilines is 1. The lowest BCUT2D eigenvalue weighted by Gasteiger charge is -2.24. The molecule has 3 heterocycles. The van der Waals surface area contributed by atoms with E-state index in [1.807, 2.05) is 41.3 Å². The number of aromatic nitrogens is 2. The summed E-state index contributed by atoms with van der Waals surface area (Å²) >= 11 is 0. The molecule has 4 rings (SSSR count). The zero-order chi connectivity index (χ0) is 24.1. The van der Waals surface area contributed by atoms with Gasteiger partial charge in [-0.05, 0) is 37.5 Å². The summed E-state index contributed by atoms with van der Waals surface area (Å²) in [5.74, 6) is 0.165. The van der Waals surface area contributed by atoms with Crippen LogP contribution in [0.5, 0.6) is 0 Å². The molecule has 0 aliphatic carbocycles. The predicted molar refractivity (Wildman–Crippen MR) is 128 cm³/mol. The summed E-state index contributed by atoms with van der Waals surface area (Å²) in [7, 11) is 0. The number of rotatable bonds is 10. The van der Waals surface area contributed by atoms with E-state index in [2.05, 4.69) is 0 Å². The highest BCUT2D eigenvalue weighted by atomic mass is 16.5. The first-order valence-electron chi connectivity index (χ1n) is 11.5. The van der Waals surface area contributed by atoms with Gasteiger partial charge in [0, 0.05) is 19.7 Å². The lowest BCUT2D eigenvalue weighted by molar-refractivity contribution is 0.0631. The van der Waals surface area contributed by atoms with Crippen LogP contribution in [-0.4, -0.2) is 45.6 Å². The van der Waals surface area contributed by atoms with Crippen molar-refractivity contribution in [2.75, 3.05) is 25.4 Å². The first kappa shape index (κ1) is 23.7. The highest BCUT2D eigenvalue weighted by molar-refractivity contribution is 6.01. The van der Waals surface area contributed by atoms with E-state index in [1.165, 1.54) is 4.57 Å². The van der Waals surface area contributed by atoms with Gasteiger partial charge in [-0.3, -0.25) is 23.6 Å². The molecule has 1 aliphatic rings. The van der Waals surface area contributed by atoms with Gasteiger partial charge in [0.2, 0.25) is 0 Å². The molecule has 9 nitrogen and oxygen atoms in total. The van der Waals surface area contributed by atoms with Gasteiger partial charge in [-0.2, -0.15) is 0 Å². The van der Waals surface area contributed by atoms with Gasteiger partial charge in [0.25, 0.3) is 5.56 Å². The minimum atomic E-state index is -0.658. The van der Waals surface area contributed by atoms with Crippen LogP contribution in [0.4, 0.5) is 5.82 Å². The summed E-state index contributed by atoms with van der Waals surface area (Å²) in [6, 6.07) is 12.9. The number of benzene rings is 1. The molecular formula is C25H30N4O5. The highest BCUT2D eigenvalue weighted by Crippen LogP contribution is 2.17. The minimum absolute atomic E-state index is 0.0134. The summed E-state index contributed by atoms with van der Waals surface area (Å²) in [6.07, 6.45) is 3.49. The van der Waals surface area contributed by atoms with E-state index in [9.17, 15) is 14.4 Å². The number of nitrogens with two attached hydrogens (primary N) is 1. The van der Waals surface area contributed by atoms with E-state index in [4.69, 9.17) is 14.9 Å². The largest absolute Gasteiger partial charge is 0.468 e. The average Bonchev–Trinajstić information content (AvgIpc) is 3.52. The summed E-state index contributed by atoms with van der Waals surface area (Å²) < 4.78 is 13.6. The van der Waals surface area contributed by atoms with Crippen LogP contribution in [-0.2, 0) is 24.4 Å². The molecule has 1 aliphatic heterocycles. The number of nitrogens with zero attached hydrogens (tertiary/aromatic N) is 3. The van der Waals surface area contributed by atoms with Crippen molar-refractivity contribution in [3.8, 4) is 0 Å². The van der Waals surface area contributed by atoms with Crippen molar-refractivity contribution in [1.29, 1.82) is 0 Å².